The maximum absolute atomic E-state index is 13.0. The molecule has 3 aromatic carbocycles. The molecule has 0 bridgehead atoms. The lowest BCUT2D eigenvalue weighted by molar-refractivity contribution is -0.121. The number of hydrogen-bond acceptors (Lipinski definition) is 19. The molecule has 3 aliphatic heterocycles. The van der Waals surface area contributed by atoms with Crippen LogP contribution in [0.5, 0.6) is 0 Å². The summed E-state index contributed by atoms with van der Waals surface area (Å²) in [6.45, 7) is 11.0. The number of rotatable bonds is 24. The molecule has 0 unspecified atom stereocenters. The van der Waals surface area contributed by atoms with Crippen molar-refractivity contribution >= 4 is 98.7 Å². The molecule has 3 saturated heterocycles. The maximum Gasteiger partial charge on any atom is 0.261 e. The van der Waals surface area contributed by atoms with Gasteiger partial charge >= 0.3 is 0 Å². The number of nitrogens with zero attached hydrogens (tertiary/aromatic N) is 6. The van der Waals surface area contributed by atoms with Gasteiger partial charge in [0.1, 0.15) is 13.9 Å². The highest BCUT2D eigenvalue weighted by Gasteiger charge is 2.28. The Morgan fingerprint density at radius 1 is 0.574 bits per heavy atom. The SMILES string of the molecule is C#Cc1cc2ncn(CC(=O)C[C@@H]3NCCC[C@H]3O)c(=O)c2cc1Cl.C[Si](C)(C)C#Cc1cc2ncn(CC(=O)C[C@@H]3NCCC[C@H]3O)c(=O)c2cc1Cl.NCCOCCOCCCC(=O)CCCC#Cc1cc2ncn(CC(=O)C[C@@H]3NCCC[C@H]3O)c(=O)c2cc1Cl. The summed E-state index contributed by atoms with van der Waals surface area (Å²) < 4.78 is 14.5. The highest BCUT2D eigenvalue weighted by Crippen LogP contribution is 2.24. The zero-order valence-electron chi connectivity index (χ0n) is 53.3. The first kappa shape index (κ1) is 74.6. The molecule has 3 fully saturated rings. The van der Waals surface area contributed by atoms with Gasteiger partial charge in [-0.2, -0.15) is 0 Å². The molecule has 502 valence electrons. The zero-order chi connectivity index (χ0) is 67.9. The Bertz CT molecular complexity index is 4030. The van der Waals surface area contributed by atoms with Crippen molar-refractivity contribution in [3.8, 4) is 35.6 Å². The van der Waals surface area contributed by atoms with Crippen LogP contribution in [0.4, 0.5) is 0 Å². The van der Waals surface area contributed by atoms with E-state index in [1.54, 1.807) is 24.3 Å². The standard InChI is InChI=1S/C29H39ClN4O6.C21H26ClN3O3Si.C18H18ClN3O3/c30-25-18-24-26(33-20-34(29(24)38)19-23(36)17-27-28(37)9-4-11-32-27)16-21(25)6-2-1-3-7-22(35)8-5-12-39-14-15-40-13-10-31;1-29(2,3)8-6-14-9-18-16(11-17(14)22)21(28)25(13-24-18)12-15(26)10-19-20(27)5-4-7-23-19;1-2-11-6-15-13(8-14(11)19)18(25)22(10-21-15)9-12(23)7-16-17(24)4-3-5-20-16/h16,18,20,27-28,32,37H,1,3-5,7-15,17,19,31H2;9,11,13,19-20,23,27H,4-5,7,10,12H2,1-3H3;1,6,8,10,16-17,20,24H,3-5,7,9H2/t27-,28+;19-,20+;16-,17+/m000/s1. The number of carbonyl (C=O) groups is 4. The first-order chi connectivity index (χ1) is 45.0. The van der Waals surface area contributed by atoms with E-state index >= 15 is 0 Å². The van der Waals surface area contributed by atoms with Crippen LogP contribution in [0.3, 0.4) is 0 Å². The van der Waals surface area contributed by atoms with E-state index in [1.807, 2.05) is 0 Å². The number of fused-ring (bicyclic) bond motifs is 3. The smallest absolute Gasteiger partial charge is 0.261 e. The summed E-state index contributed by atoms with van der Waals surface area (Å²) in [7, 11) is -1.56. The van der Waals surface area contributed by atoms with Crippen molar-refractivity contribution < 1.29 is 44.0 Å². The molecule has 22 nitrogen and oxygen atoms in total. The fourth-order valence-corrected chi connectivity index (χ4v) is 11.9. The first-order valence-electron chi connectivity index (χ1n) is 31.7. The average molecular weight is 1370 g/mol. The molecule has 0 saturated carbocycles. The third-order valence-electron chi connectivity index (χ3n) is 15.9. The third kappa shape index (κ3) is 22.7. The minimum absolute atomic E-state index is 0.0819. The number of piperidine rings is 3. The van der Waals surface area contributed by atoms with Crippen LogP contribution < -0.4 is 38.4 Å². The second kappa shape index (κ2) is 36.9. The number of Topliss-reactive ketones (excluding diaryl/α,β-unsaturated/α-hetero) is 4. The maximum atomic E-state index is 13.0. The van der Waals surface area contributed by atoms with Crippen LogP contribution in [0.15, 0.2) is 69.8 Å². The molecule has 0 amide bonds. The van der Waals surface area contributed by atoms with Crippen molar-refractivity contribution in [2.24, 2.45) is 5.73 Å². The van der Waals surface area contributed by atoms with Crippen LogP contribution in [0, 0.1) is 35.6 Å². The number of terminal acetylenes is 1. The first-order valence-corrected chi connectivity index (χ1v) is 36.4. The van der Waals surface area contributed by atoms with E-state index in [4.69, 9.17) is 56.4 Å². The average Bonchev–Trinajstić information content (AvgIpc) is 0.833. The van der Waals surface area contributed by atoms with Gasteiger partial charge in [-0.05, 0) is 107 Å². The highest BCUT2D eigenvalue weighted by atomic mass is 35.5. The number of benzene rings is 3. The van der Waals surface area contributed by atoms with Crippen LogP contribution in [0.2, 0.25) is 34.7 Å². The van der Waals surface area contributed by atoms with Gasteiger partial charge in [0.05, 0.1) is 125 Å². The van der Waals surface area contributed by atoms with Crippen LogP contribution >= 0.6 is 34.8 Å². The van der Waals surface area contributed by atoms with Gasteiger partial charge in [0.15, 0.2) is 17.3 Å². The lowest BCUT2D eigenvalue weighted by atomic mass is 9.97. The van der Waals surface area contributed by atoms with Crippen molar-refractivity contribution in [1.82, 2.24) is 44.6 Å². The van der Waals surface area contributed by atoms with E-state index in [0.717, 1.165) is 38.9 Å². The minimum Gasteiger partial charge on any atom is -0.391 e. The number of ether oxygens (including phenoxy) is 2. The topological polar surface area (TPSA) is 314 Å². The number of ketones is 4. The van der Waals surface area contributed by atoms with E-state index < -0.39 is 26.4 Å². The van der Waals surface area contributed by atoms with Gasteiger partial charge in [0.25, 0.3) is 16.7 Å². The molecule has 6 aromatic rings. The molecule has 0 spiro atoms. The van der Waals surface area contributed by atoms with E-state index in [2.05, 4.69) is 79.8 Å². The van der Waals surface area contributed by atoms with Gasteiger partial charge in [0.2, 0.25) is 0 Å². The summed E-state index contributed by atoms with van der Waals surface area (Å²) >= 11 is 18.8. The molecular formula is C68H83Cl3N10O12Si. The van der Waals surface area contributed by atoms with Crippen molar-refractivity contribution in [2.75, 3.05) is 52.6 Å². The number of nitrogens with two attached hydrogens (primary N) is 1. The molecule has 94 heavy (non-hydrogen) atoms. The number of hydrogen-bond donors (Lipinski definition) is 7. The Kier molecular flexibility index (Phi) is 29.3. The second-order valence-electron chi connectivity index (χ2n) is 24.6. The zero-order valence-corrected chi connectivity index (χ0v) is 56.6. The predicted molar refractivity (Wildman–Crippen MR) is 367 cm³/mol. The molecule has 6 heterocycles. The lowest BCUT2D eigenvalue weighted by Gasteiger charge is -2.28. The van der Waals surface area contributed by atoms with Gasteiger partial charge in [-0.15, -0.1) is 12.0 Å². The molecule has 8 N–H and O–H groups in total. The number of aromatic nitrogens is 6. The molecule has 3 aromatic heterocycles. The van der Waals surface area contributed by atoms with E-state index in [-0.39, 0.29) is 96.8 Å². The fraction of sp³-hybridized carbons (Fsp3) is 0.500. The molecule has 0 radical (unpaired) electrons. The molecular weight excluding hydrogens is 1280 g/mol. The Morgan fingerprint density at radius 2 is 0.957 bits per heavy atom. The van der Waals surface area contributed by atoms with Crippen molar-refractivity contribution in [3.05, 3.63) is 118 Å². The number of aliphatic hydroxyl groups is 3. The molecule has 3 aliphatic rings. The molecule has 6 atom stereocenters. The van der Waals surface area contributed by atoms with E-state index in [1.165, 1.54) is 44.8 Å². The Morgan fingerprint density at radius 3 is 1.35 bits per heavy atom. The quantitative estimate of drug-likeness (QED) is 0.0225. The van der Waals surface area contributed by atoms with Crippen LogP contribution in [0.1, 0.15) is 107 Å². The van der Waals surface area contributed by atoms with Crippen molar-refractivity contribution in [3.63, 3.8) is 0 Å². The third-order valence-corrected chi connectivity index (χ3v) is 17.7. The van der Waals surface area contributed by atoms with Gasteiger partial charge in [-0.3, -0.25) is 47.3 Å². The van der Waals surface area contributed by atoms with E-state index in [0.29, 0.717) is 149 Å². The van der Waals surface area contributed by atoms with Gasteiger partial charge < -0.3 is 46.5 Å². The van der Waals surface area contributed by atoms with Crippen molar-refractivity contribution in [2.45, 2.75) is 166 Å². The summed E-state index contributed by atoms with van der Waals surface area (Å²) in [5.41, 5.74) is 10.6. The summed E-state index contributed by atoms with van der Waals surface area (Å²) in [5.74, 6) is 11.3. The van der Waals surface area contributed by atoms with E-state index in [9.17, 15) is 48.9 Å². The lowest BCUT2D eigenvalue weighted by Crippen LogP contribution is -2.46. The minimum atomic E-state index is -1.56. The van der Waals surface area contributed by atoms with Crippen LogP contribution in [-0.4, -0.2) is 164 Å². The van der Waals surface area contributed by atoms with Gasteiger partial charge in [-0.25, -0.2) is 15.0 Å². The van der Waals surface area contributed by atoms with Gasteiger partial charge in [0, 0.05) is 86.5 Å². The second-order valence-corrected chi connectivity index (χ2v) is 30.5. The molecule has 26 heteroatoms. The van der Waals surface area contributed by atoms with Gasteiger partial charge in [-0.1, -0.05) is 78.1 Å². The number of nitrogens with one attached hydrogen (secondary N) is 3. The largest absolute Gasteiger partial charge is 0.391 e. The normalized spacial score (nSPS) is 18.7. The number of unbranched alkanes of at least 4 members (excludes halogenated alkanes) is 1. The molecule has 0 aliphatic carbocycles. The summed E-state index contributed by atoms with van der Waals surface area (Å²) in [4.78, 5) is 101. The monoisotopic (exact) mass is 1360 g/mol. The number of halogens is 3. The predicted octanol–water partition coefficient (Wildman–Crippen LogP) is 5.44. The highest BCUT2D eigenvalue weighted by molar-refractivity contribution is 6.83. The Hall–Kier alpha value is -6.83. The van der Waals surface area contributed by atoms with Crippen LogP contribution in [-0.2, 0) is 48.3 Å². The summed E-state index contributed by atoms with van der Waals surface area (Å²) in [5, 5.41) is 41.5. The molecule has 9 rings (SSSR count). The Balaban J connectivity index is 0.000000206. The van der Waals surface area contributed by atoms with Crippen molar-refractivity contribution in [1.29, 1.82) is 0 Å². The number of carbonyl (C=O) groups excluding carboxylic acids is 4. The fourth-order valence-electron chi connectivity index (χ4n) is 10.8. The number of aliphatic hydroxyl groups excluding tert-OH is 3. The Labute approximate surface area is 562 Å². The summed E-state index contributed by atoms with van der Waals surface area (Å²) in [6, 6.07) is 8.72. The van der Waals surface area contributed by atoms with Crippen LogP contribution in [0.25, 0.3) is 32.7 Å². The summed E-state index contributed by atoms with van der Waals surface area (Å²) in [6.07, 6.45) is 15.8.